The zero-order valence-electron chi connectivity index (χ0n) is 11.5. The molecule has 0 saturated carbocycles. The molecule has 0 unspecified atom stereocenters. The second-order valence-corrected chi connectivity index (χ2v) is 6.15. The average molecular weight is 310 g/mol. The molecule has 0 aliphatic rings. The van der Waals surface area contributed by atoms with E-state index in [1.807, 2.05) is 24.3 Å². The lowest BCUT2D eigenvalue weighted by molar-refractivity contribution is 0.101. The number of halogens is 1. The van der Waals surface area contributed by atoms with Crippen LogP contribution >= 0.6 is 15.9 Å². The van der Waals surface area contributed by atoms with Gasteiger partial charge in [0.15, 0.2) is 5.78 Å². The predicted molar refractivity (Wildman–Crippen MR) is 81.4 cm³/mol. The van der Waals surface area contributed by atoms with Gasteiger partial charge in [-0.2, -0.15) is 0 Å². The van der Waals surface area contributed by atoms with Gasteiger partial charge in [-0.1, -0.05) is 6.08 Å². The third kappa shape index (κ3) is 3.45. The van der Waals surface area contributed by atoms with Gasteiger partial charge in [-0.25, -0.2) is 0 Å². The molecule has 0 spiro atoms. The molecule has 3 heteroatoms. The molecular weight excluding hydrogens is 290 g/mol. The molecule has 1 rings (SSSR count). The fraction of sp³-hybridized carbons (Fsp3) is 0.400. The summed E-state index contributed by atoms with van der Waals surface area (Å²) in [5, 5.41) is 0. The first kappa shape index (κ1) is 15.0. The number of Topliss-reactive ketones (excluding diaryl/α,β-unsaturated/α-hetero) is 1. The van der Waals surface area contributed by atoms with Crippen LogP contribution < -0.4 is 4.90 Å². The molecule has 0 aliphatic carbocycles. The van der Waals surface area contributed by atoms with Gasteiger partial charge in [-0.05, 0) is 61.8 Å². The normalized spacial score (nSPS) is 11.2. The number of carbonyl (C=O) groups excluding carboxylic acids is 1. The summed E-state index contributed by atoms with van der Waals surface area (Å²) in [7, 11) is 0. The molecule has 0 heterocycles. The van der Waals surface area contributed by atoms with Gasteiger partial charge < -0.3 is 4.90 Å². The van der Waals surface area contributed by atoms with Crippen LogP contribution in [0.1, 0.15) is 38.1 Å². The minimum atomic E-state index is -0.00551. The van der Waals surface area contributed by atoms with Crippen molar-refractivity contribution in [1.82, 2.24) is 0 Å². The lowest BCUT2D eigenvalue weighted by atomic mass is 10.0. The van der Waals surface area contributed by atoms with Crippen molar-refractivity contribution in [1.29, 1.82) is 0 Å². The van der Waals surface area contributed by atoms with Crippen molar-refractivity contribution >= 4 is 27.4 Å². The summed E-state index contributed by atoms with van der Waals surface area (Å²) in [6.45, 7) is 12.6. The van der Waals surface area contributed by atoms with Gasteiger partial charge >= 0.3 is 0 Å². The molecule has 0 radical (unpaired) electrons. The second-order valence-electron chi connectivity index (χ2n) is 5.29. The fourth-order valence-corrected chi connectivity index (χ4v) is 2.40. The van der Waals surface area contributed by atoms with E-state index in [2.05, 4.69) is 48.2 Å². The lowest BCUT2D eigenvalue weighted by Crippen LogP contribution is -2.41. The number of ketones is 1. The van der Waals surface area contributed by atoms with Crippen LogP contribution in [0.15, 0.2) is 35.3 Å². The number of carbonyl (C=O) groups is 1. The van der Waals surface area contributed by atoms with Crippen molar-refractivity contribution < 1.29 is 4.79 Å². The molecule has 1 aromatic rings. The first-order valence-electron chi connectivity index (χ1n) is 5.96. The van der Waals surface area contributed by atoms with Crippen LogP contribution in [-0.2, 0) is 0 Å². The monoisotopic (exact) mass is 309 g/mol. The smallest absolute Gasteiger partial charge is 0.159 e. The standard InChI is InChI=1S/C15H20BrNO/c1-6-9-17(15(3,4)5)14-8-7-12(11(2)18)10-13(14)16/h6-8,10H,1,9H2,2-5H3. The molecule has 98 valence electrons. The van der Waals surface area contributed by atoms with Crippen molar-refractivity contribution in [2.45, 2.75) is 33.2 Å². The van der Waals surface area contributed by atoms with Crippen LogP contribution in [0, 0.1) is 0 Å². The van der Waals surface area contributed by atoms with Crippen molar-refractivity contribution in [2.24, 2.45) is 0 Å². The zero-order chi connectivity index (χ0) is 13.9. The van der Waals surface area contributed by atoms with Gasteiger partial charge in [-0.15, -0.1) is 6.58 Å². The molecule has 0 amide bonds. The number of hydrogen-bond donors (Lipinski definition) is 0. The highest BCUT2D eigenvalue weighted by Crippen LogP contribution is 2.32. The van der Waals surface area contributed by atoms with Gasteiger partial charge in [0.25, 0.3) is 0 Å². The molecule has 0 bridgehead atoms. The Kier molecular flexibility index (Phi) is 4.74. The SMILES string of the molecule is C=CCN(c1ccc(C(C)=O)cc1Br)C(C)(C)C. The summed E-state index contributed by atoms with van der Waals surface area (Å²) in [6, 6.07) is 5.72. The van der Waals surface area contributed by atoms with Crippen LogP contribution in [0.25, 0.3) is 0 Å². The Labute approximate surface area is 118 Å². The molecule has 2 nitrogen and oxygen atoms in total. The Morgan fingerprint density at radius 2 is 2.06 bits per heavy atom. The first-order valence-corrected chi connectivity index (χ1v) is 6.75. The van der Waals surface area contributed by atoms with E-state index in [0.717, 1.165) is 22.3 Å². The van der Waals surface area contributed by atoms with E-state index in [1.54, 1.807) is 6.92 Å². The van der Waals surface area contributed by atoms with E-state index < -0.39 is 0 Å². The van der Waals surface area contributed by atoms with E-state index in [4.69, 9.17) is 0 Å². The van der Waals surface area contributed by atoms with Crippen LogP contribution in [0.4, 0.5) is 5.69 Å². The maximum atomic E-state index is 11.4. The number of rotatable bonds is 4. The maximum Gasteiger partial charge on any atom is 0.159 e. The molecule has 0 atom stereocenters. The molecule has 0 aliphatic heterocycles. The zero-order valence-corrected chi connectivity index (χ0v) is 13.0. The predicted octanol–water partition coefficient (Wildman–Crippen LogP) is 4.44. The van der Waals surface area contributed by atoms with Gasteiger partial charge in [0.05, 0.1) is 5.69 Å². The lowest BCUT2D eigenvalue weighted by Gasteiger charge is -2.37. The molecule has 18 heavy (non-hydrogen) atoms. The minimum Gasteiger partial charge on any atom is -0.362 e. The number of hydrogen-bond acceptors (Lipinski definition) is 2. The van der Waals surface area contributed by atoms with E-state index in [0.29, 0.717) is 0 Å². The molecule has 0 N–H and O–H groups in total. The number of benzene rings is 1. The Morgan fingerprint density at radius 1 is 1.44 bits per heavy atom. The summed E-state index contributed by atoms with van der Waals surface area (Å²) in [5.74, 6) is 0.0771. The third-order valence-corrected chi connectivity index (χ3v) is 3.40. The van der Waals surface area contributed by atoms with E-state index in [-0.39, 0.29) is 11.3 Å². The second kappa shape index (κ2) is 5.70. The van der Waals surface area contributed by atoms with Crippen molar-refractivity contribution in [3.8, 4) is 0 Å². The number of nitrogens with zero attached hydrogens (tertiary/aromatic N) is 1. The molecular formula is C15H20BrNO. The van der Waals surface area contributed by atoms with Gasteiger partial charge in [0.1, 0.15) is 0 Å². The van der Waals surface area contributed by atoms with Crippen LogP contribution in [0.3, 0.4) is 0 Å². The van der Waals surface area contributed by atoms with Gasteiger partial charge in [-0.3, -0.25) is 4.79 Å². The summed E-state index contributed by atoms with van der Waals surface area (Å²) in [4.78, 5) is 13.6. The quantitative estimate of drug-likeness (QED) is 0.605. The Morgan fingerprint density at radius 3 is 2.44 bits per heavy atom. The maximum absolute atomic E-state index is 11.4. The Hall–Kier alpha value is -1.09. The highest BCUT2D eigenvalue weighted by Gasteiger charge is 2.22. The van der Waals surface area contributed by atoms with Crippen molar-refractivity contribution in [3.63, 3.8) is 0 Å². The van der Waals surface area contributed by atoms with Crippen LogP contribution in [0.5, 0.6) is 0 Å². The van der Waals surface area contributed by atoms with Crippen molar-refractivity contribution in [3.05, 3.63) is 40.9 Å². The van der Waals surface area contributed by atoms with E-state index in [1.165, 1.54) is 0 Å². The summed E-state index contributed by atoms with van der Waals surface area (Å²) in [6.07, 6.45) is 1.89. The van der Waals surface area contributed by atoms with Gasteiger partial charge in [0.2, 0.25) is 0 Å². The largest absolute Gasteiger partial charge is 0.362 e. The van der Waals surface area contributed by atoms with E-state index in [9.17, 15) is 4.79 Å². The highest BCUT2D eigenvalue weighted by molar-refractivity contribution is 9.10. The fourth-order valence-electron chi connectivity index (χ4n) is 1.81. The minimum absolute atomic E-state index is 0.00551. The molecule has 0 fully saturated rings. The van der Waals surface area contributed by atoms with Crippen LogP contribution in [0.2, 0.25) is 0 Å². The van der Waals surface area contributed by atoms with Crippen LogP contribution in [-0.4, -0.2) is 17.9 Å². The summed E-state index contributed by atoms with van der Waals surface area (Å²) < 4.78 is 0.937. The summed E-state index contributed by atoms with van der Waals surface area (Å²) in [5.41, 5.74) is 1.79. The highest BCUT2D eigenvalue weighted by atomic mass is 79.9. The Balaban J connectivity index is 3.22. The molecule has 0 aromatic heterocycles. The van der Waals surface area contributed by atoms with E-state index >= 15 is 0 Å². The van der Waals surface area contributed by atoms with Gasteiger partial charge in [0, 0.05) is 22.1 Å². The topological polar surface area (TPSA) is 20.3 Å². The summed E-state index contributed by atoms with van der Waals surface area (Å²) >= 11 is 3.55. The Bertz CT molecular complexity index is 460. The average Bonchev–Trinajstić information content (AvgIpc) is 2.24. The molecule has 1 aromatic carbocycles. The first-order chi connectivity index (χ1) is 8.27. The molecule has 0 saturated heterocycles. The third-order valence-electron chi connectivity index (χ3n) is 2.77. The van der Waals surface area contributed by atoms with Crippen molar-refractivity contribution in [2.75, 3.05) is 11.4 Å². The number of anilines is 1.